The number of nitrogens with one attached hydrogen (secondary N) is 1. The van der Waals surface area contributed by atoms with Gasteiger partial charge in [0.05, 0.1) is 21.3 Å². The van der Waals surface area contributed by atoms with E-state index in [1.54, 1.807) is 11.3 Å². The number of thiazole rings is 1. The van der Waals surface area contributed by atoms with Crippen molar-refractivity contribution in [1.82, 2.24) is 4.98 Å². The number of benzene rings is 1. The predicted octanol–water partition coefficient (Wildman–Crippen LogP) is 3.53. The number of carbonyl (C=O) groups excluding carboxylic acids is 1. The molecule has 1 aliphatic rings. The topological polar surface area (TPSA) is 77.2 Å². The molecule has 24 heavy (non-hydrogen) atoms. The summed E-state index contributed by atoms with van der Waals surface area (Å²) in [5.41, 5.74) is 7.88. The molecule has 132 valence electrons. The molecule has 1 aliphatic heterocycles. The normalized spacial score (nSPS) is 16.8. The average molecular weight is 370 g/mol. The Balaban J connectivity index is 0.00000208. The number of amides is 1. The van der Waals surface area contributed by atoms with E-state index in [1.807, 2.05) is 18.2 Å². The van der Waals surface area contributed by atoms with Gasteiger partial charge in [0.2, 0.25) is 5.91 Å². The summed E-state index contributed by atoms with van der Waals surface area (Å²) in [7, 11) is 0. The van der Waals surface area contributed by atoms with Gasteiger partial charge in [0.15, 0.2) is 0 Å². The van der Waals surface area contributed by atoms with Crippen molar-refractivity contribution in [3.8, 4) is 0 Å². The highest BCUT2D eigenvalue weighted by Crippen LogP contribution is 2.29. The van der Waals surface area contributed by atoms with Crippen LogP contribution in [0.5, 0.6) is 0 Å². The van der Waals surface area contributed by atoms with Gasteiger partial charge in [-0.15, -0.1) is 23.7 Å². The first kappa shape index (κ1) is 19.1. The van der Waals surface area contributed by atoms with Crippen LogP contribution in [0.3, 0.4) is 0 Å². The molecule has 3 N–H and O–H groups in total. The Labute approximate surface area is 152 Å². The fourth-order valence-electron chi connectivity index (χ4n) is 2.78. The third-order valence-electron chi connectivity index (χ3n) is 4.24. The Morgan fingerprint density at radius 1 is 1.38 bits per heavy atom. The minimum atomic E-state index is -0.484. The summed E-state index contributed by atoms with van der Waals surface area (Å²) in [6.45, 7) is 5.65. The van der Waals surface area contributed by atoms with Crippen LogP contribution in [0, 0.1) is 5.92 Å². The molecule has 5 nitrogen and oxygen atoms in total. The van der Waals surface area contributed by atoms with Crippen molar-refractivity contribution in [2.24, 2.45) is 11.7 Å². The molecule has 1 saturated heterocycles. The highest BCUT2D eigenvalue weighted by atomic mass is 35.5. The summed E-state index contributed by atoms with van der Waals surface area (Å²) in [6.07, 6.45) is 1.69. The van der Waals surface area contributed by atoms with Crippen molar-refractivity contribution in [3.63, 3.8) is 0 Å². The van der Waals surface area contributed by atoms with E-state index in [1.165, 1.54) is 0 Å². The number of hydrogen-bond acceptors (Lipinski definition) is 5. The van der Waals surface area contributed by atoms with Gasteiger partial charge in [-0.3, -0.25) is 4.79 Å². The summed E-state index contributed by atoms with van der Waals surface area (Å²) in [5, 5.41) is 4.06. The molecule has 1 aromatic heterocycles. The van der Waals surface area contributed by atoms with Crippen LogP contribution in [0.2, 0.25) is 0 Å². The van der Waals surface area contributed by atoms with Gasteiger partial charge in [-0.05, 0) is 37.0 Å². The van der Waals surface area contributed by atoms with Crippen molar-refractivity contribution in [1.29, 1.82) is 0 Å². The zero-order valence-electron chi connectivity index (χ0n) is 14.0. The largest absolute Gasteiger partial charge is 0.381 e. The first-order valence-corrected chi connectivity index (χ1v) is 8.91. The zero-order chi connectivity index (χ0) is 16.4. The van der Waals surface area contributed by atoms with Crippen molar-refractivity contribution in [2.75, 3.05) is 18.5 Å². The lowest BCUT2D eigenvalue weighted by atomic mass is 9.92. The van der Waals surface area contributed by atoms with Crippen LogP contribution in [-0.2, 0) is 9.53 Å². The van der Waals surface area contributed by atoms with Crippen molar-refractivity contribution < 1.29 is 9.53 Å². The van der Waals surface area contributed by atoms with E-state index >= 15 is 0 Å². The van der Waals surface area contributed by atoms with E-state index in [0.717, 1.165) is 33.8 Å². The van der Waals surface area contributed by atoms with Crippen LogP contribution in [0.15, 0.2) is 18.2 Å². The van der Waals surface area contributed by atoms with Crippen molar-refractivity contribution in [3.05, 3.63) is 23.2 Å². The average Bonchev–Trinajstić information content (AvgIpc) is 2.98. The summed E-state index contributed by atoms with van der Waals surface area (Å²) in [4.78, 5) is 17.0. The van der Waals surface area contributed by atoms with Crippen molar-refractivity contribution >= 4 is 45.6 Å². The third kappa shape index (κ3) is 4.25. The molecule has 1 amide bonds. The number of ether oxygens (including phenoxy) is 1. The molecule has 0 bridgehead atoms. The maximum absolute atomic E-state index is 12.4. The lowest BCUT2D eigenvalue weighted by molar-refractivity contribution is -0.119. The Morgan fingerprint density at radius 3 is 2.75 bits per heavy atom. The molecule has 7 heteroatoms. The first-order valence-electron chi connectivity index (χ1n) is 8.09. The van der Waals surface area contributed by atoms with Crippen LogP contribution in [-0.4, -0.2) is 30.1 Å². The molecule has 1 atom stereocenters. The molecule has 3 rings (SSSR count). The minimum absolute atomic E-state index is 0. The van der Waals surface area contributed by atoms with Crippen LogP contribution in [0.1, 0.15) is 37.6 Å². The fraction of sp³-hybridized carbons (Fsp3) is 0.529. The molecule has 1 aromatic carbocycles. The molecule has 2 aromatic rings. The Bertz CT molecular complexity index is 698. The highest BCUT2D eigenvalue weighted by molar-refractivity contribution is 7.18. The molecular formula is C17H24ClN3O2S. The van der Waals surface area contributed by atoms with Gasteiger partial charge in [0.1, 0.15) is 0 Å². The van der Waals surface area contributed by atoms with E-state index in [0.29, 0.717) is 19.1 Å². The van der Waals surface area contributed by atoms with Gasteiger partial charge < -0.3 is 15.8 Å². The van der Waals surface area contributed by atoms with E-state index < -0.39 is 6.04 Å². The van der Waals surface area contributed by atoms with Gasteiger partial charge in [-0.25, -0.2) is 4.98 Å². The number of anilines is 1. The second-order valence-electron chi connectivity index (χ2n) is 6.35. The van der Waals surface area contributed by atoms with Gasteiger partial charge in [-0.1, -0.05) is 13.8 Å². The summed E-state index contributed by atoms with van der Waals surface area (Å²) < 4.78 is 6.41. The predicted molar refractivity (Wildman–Crippen MR) is 101 cm³/mol. The van der Waals surface area contributed by atoms with Gasteiger partial charge >= 0.3 is 0 Å². The summed E-state index contributed by atoms with van der Waals surface area (Å²) in [6, 6.07) is 5.34. The Hall–Kier alpha value is -1.21. The highest BCUT2D eigenvalue weighted by Gasteiger charge is 2.26. The third-order valence-corrected chi connectivity index (χ3v) is 5.56. The molecule has 2 heterocycles. The molecule has 0 radical (unpaired) electrons. The van der Waals surface area contributed by atoms with Crippen LogP contribution in [0.25, 0.3) is 10.2 Å². The molecule has 0 spiro atoms. The zero-order valence-corrected chi connectivity index (χ0v) is 15.6. The van der Waals surface area contributed by atoms with E-state index in [2.05, 4.69) is 24.1 Å². The second kappa shape index (κ2) is 8.25. The molecule has 0 saturated carbocycles. The maximum Gasteiger partial charge on any atom is 0.241 e. The SMILES string of the molecule is CC(C)c1nc2ccc(NC(=O)C(N)C3CCOCC3)cc2s1.Cl. The second-order valence-corrected chi connectivity index (χ2v) is 7.42. The number of hydrogen-bond donors (Lipinski definition) is 2. The molecular weight excluding hydrogens is 346 g/mol. The summed E-state index contributed by atoms with van der Waals surface area (Å²) >= 11 is 1.67. The van der Waals surface area contributed by atoms with Gasteiger partial charge in [0.25, 0.3) is 0 Å². The number of halogens is 1. The lowest BCUT2D eigenvalue weighted by Gasteiger charge is -2.26. The van der Waals surface area contributed by atoms with Crippen molar-refractivity contribution in [2.45, 2.75) is 38.6 Å². The van der Waals surface area contributed by atoms with Crippen LogP contribution in [0.4, 0.5) is 5.69 Å². The minimum Gasteiger partial charge on any atom is -0.381 e. The fourth-order valence-corrected chi connectivity index (χ4v) is 3.79. The van der Waals surface area contributed by atoms with Gasteiger partial charge in [-0.2, -0.15) is 0 Å². The Morgan fingerprint density at radius 2 is 2.08 bits per heavy atom. The number of rotatable bonds is 4. The molecule has 1 fully saturated rings. The van der Waals surface area contributed by atoms with Gasteiger partial charge in [0, 0.05) is 24.8 Å². The van der Waals surface area contributed by atoms with E-state index in [-0.39, 0.29) is 24.2 Å². The monoisotopic (exact) mass is 369 g/mol. The maximum atomic E-state index is 12.4. The number of nitrogens with zero attached hydrogens (tertiary/aromatic N) is 1. The summed E-state index contributed by atoms with van der Waals surface area (Å²) in [5.74, 6) is 0.487. The first-order chi connectivity index (χ1) is 11.0. The van der Waals surface area contributed by atoms with Crippen LogP contribution < -0.4 is 11.1 Å². The van der Waals surface area contributed by atoms with Crippen LogP contribution >= 0.6 is 23.7 Å². The number of carbonyl (C=O) groups is 1. The number of nitrogens with two attached hydrogens (primary N) is 1. The quantitative estimate of drug-likeness (QED) is 0.864. The Kier molecular flexibility index (Phi) is 6.57. The number of fused-ring (bicyclic) bond motifs is 1. The smallest absolute Gasteiger partial charge is 0.241 e. The van der Waals surface area contributed by atoms with E-state index in [9.17, 15) is 4.79 Å². The molecule has 1 unspecified atom stereocenters. The number of aromatic nitrogens is 1. The standard InChI is InChI=1S/C17H23N3O2S.ClH/c1-10(2)17-20-13-4-3-12(9-14(13)23-17)19-16(21)15(18)11-5-7-22-8-6-11;/h3-4,9-11,15H,5-8,18H2,1-2H3,(H,19,21);1H. The molecule has 0 aliphatic carbocycles. The van der Waals surface area contributed by atoms with E-state index in [4.69, 9.17) is 10.5 Å². The lowest BCUT2D eigenvalue weighted by Crippen LogP contribution is -2.43.